The number of fused-ring (bicyclic) bond motifs is 6. The van der Waals surface area contributed by atoms with E-state index in [2.05, 4.69) is 15.9 Å². The number of carboxylic acid groups (broad SMARTS) is 1. The smallest absolute Gasteiger partial charge is 0.315 e. The molecule has 3 heterocycles. The number of carbonyl (C=O) groups excluding carboxylic acids is 1. The van der Waals surface area contributed by atoms with Gasteiger partial charge in [0.15, 0.2) is 0 Å². The molecule has 2 saturated carbocycles. The summed E-state index contributed by atoms with van der Waals surface area (Å²) in [6, 6.07) is 15.5. The highest BCUT2D eigenvalue weighted by molar-refractivity contribution is 9.10. The molecule has 0 saturated heterocycles. The van der Waals surface area contributed by atoms with Crippen LogP contribution in [0.15, 0.2) is 62.8 Å². The van der Waals surface area contributed by atoms with E-state index in [1.54, 1.807) is 17.8 Å². The summed E-state index contributed by atoms with van der Waals surface area (Å²) in [5, 5.41) is 11.1. The third kappa shape index (κ3) is 3.10. The van der Waals surface area contributed by atoms with Crippen molar-refractivity contribution in [1.29, 1.82) is 0 Å². The highest BCUT2D eigenvalue weighted by atomic mass is 79.9. The molecule has 0 unspecified atom stereocenters. The first-order chi connectivity index (χ1) is 16.9. The number of esters is 1. The Bertz CT molecular complexity index is 1450. The van der Waals surface area contributed by atoms with Crippen molar-refractivity contribution < 1.29 is 19.4 Å². The molecule has 2 bridgehead atoms. The van der Waals surface area contributed by atoms with Crippen LogP contribution in [0.5, 0.6) is 5.75 Å². The normalized spacial score (nSPS) is 31.8. The van der Waals surface area contributed by atoms with Gasteiger partial charge in [-0.25, -0.2) is 0 Å². The number of carboxylic acids is 1. The summed E-state index contributed by atoms with van der Waals surface area (Å²) >= 11 is 6.52. The Morgan fingerprint density at radius 3 is 2.71 bits per heavy atom. The number of hydrogen-bond acceptors (Lipinski definition) is 6. The number of halogens is 1. The molecule has 178 valence electrons. The van der Waals surface area contributed by atoms with Gasteiger partial charge in [0, 0.05) is 26.1 Å². The fraction of sp³-hybridized carbons (Fsp3) is 0.346. The van der Waals surface area contributed by atoms with Gasteiger partial charge in [-0.2, -0.15) is 0 Å². The Morgan fingerprint density at radius 2 is 1.94 bits per heavy atom. The number of ether oxygens (including phenoxy) is 1. The molecule has 0 radical (unpaired) electrons. The molecular formula is C26H20BrNO5S2. The van der Waals surface area contributed by atoms with Crippen LogP contribution >= 0.6 is 39.0 Å². The Balaban J connectivity index is 1.45. The van der Waals surface area contributed by atoms with E-state index in [4.69, 9.17) is 4.74 Å². The Morgan fingerprint density at radius 1 is 1.14 bits per heavy atom. The number of nitrogens with zero attached hydrogens (tertiary/aromatic N) is 1. The van der Waals surface area contributed by atoms with E-state index in [-0.39, 0.29) is 33.8 Å². The zero-order valence-electron chi connectivity index (χ0n) is 18.3. The maximum Gasteiger partial charge on any atom is 0.315 e. The van der Waals surface area contributed by atoms with Crippen molar-refractivity contribution >= 4 is 51.0 Å². The average molecular weight is 570 g/mol. The molecule has 1 N–H and O–H groups in total. The second kappa shape index (κ2) is 7.82. The molecule has 2 aliphatic carbocycles. The summed E-state index contributed by atoms with van der Waals surface area (Å²) in [7, 11) is 0. The van der Waals surface area contributed by atoms with E-state index in [0.29, 0.717) is 18.7 Å². The van der Waals surface area contributed by atoms with Gasteiger partial charge in [-0.1, -0.05) is 57.6 Å². The highest BCUT2D eigenvalue weighted by Crippen LogP contribution is 2.68. The number of rotatable bonds is 3. The zero-order chi connectivity index (χ0) is 24.0. The lowest BCUT2D eigenvalue weighted by molar-refractivity contribution is -0.156. The van der Waals surface area contributed by atoms with Crippen LogP contribution in [0, 0.1) is 29.6 Å². The minimum Gasteiger partial charge on any atom is -0.481 e. The predicted molar refractivity (Wildman–Crippen MR) is 135 cm³/mol. The van der Waals surface area contributed by atoms with Gasteiger partial charge < -0.3 is 9.84 Å². The summed E-state index contributed by atoms with van der Waals surface area (Å²) in [5.41, 5.74) is 1.94. The van der Waals surface area contributed by atoms with Crippen molar-refractivity contribution in [3.8, 4) is 5.75 Å². The maximum absolute atomic E-state index is 13.3. The van der Waals surface area contributed by atoms with Gasteiger partial charge in [-0.05, 0) is 47.9 Å². The van der Waals surface area contributed by atoms with Crippen LogP contribution in [-0.4, -0.2) is 26.9 Å². The van der Waals surface area contributed by atoms with Crippen LogP contribution in [0.4, 0.5) is 0 Å². The number of aromatic nitrogens is 1. The molecule has 6 nitrogen and oxygen atoms in total. The van der Waals surface area contributed by atoms with Crippen LogP contribution in [0.1, 0.15) is 28.3 Å². The van der Waals surface area contributed by atoms with Crippen LogP contribution in [0.25, 0.3) is 0 Å². The Labute approximate surface area is 217 Å². The van der Waals surface area contributed by atoms with Crippen molar-refractivity contribution in [2.45, 2.75) is 29.2 Å². The first-order valence-corrected chi connectivity index (χ1v) is 14.1. The fourth-order valence-corrected chi connectivity index (χ4v) is 10.5. The van der Waals surface area contributed by atoms with E-state index in [0.717, 1.165) is 25.5 Å². The van der Waals surface area contributed by atoms with Crippen molar-refractivity contribution in [2.24, 2.45) is 29.6 Å². The number of aliphatic carboxylic acids is 1. The third-order valence-electron chi connectivity index (χ3n) is 8.20. The molecular weight excluding hydrogens is 550 g/mol. The number of thiazole rings is 1. The number of hydrogen-bond donors (Lipinski definition) is 1. The van der Waals surface area contributed by atoms with Crippen LogP contribution in [-0.2, 0) is 16.1 Å². The minimum atomic E-state index is -0.926. The maximum atomic E-state index is 13.3. The van der Waals surface area contributed by atoms with E-state index in [1.165, 1.54) is 11.3 Å². The lowest BCUT2D eigenvalue weighted by Gasteiger charge is -2.46. The van der Waals surface area contributed by atoms with E-state index in [9.17, 15) is 19.5 Å². The zero-order valence-corrected chi connectivity index (χ0v) is 21.5. The first kappa shape index (κ1) is 21.9. The van der Waals surface area contributed by atoms with E-state index in [1.807, 2.05) is 47.0 Å². The predicted octanol–water partition coefficient (Wildman–Crippen LogP) is 4.83. The highest BCUT2D eigenvalue weighted by Gasteiger charge is 2.67. The third-order valence-corrected chi connectivity index (χ3v) is 11.5. The summed E-state index contributed by atoms with van der Waals surface area (Å²) < 4.78 is 8.61. The van der Waals surface area contributed by atoms with Crippen LogP contribution in [0.3, 0.4) is 0 Å². The number of carbonyl (C=O) groups is 2. The SMILES string of the molecule is O=C1Oc2ccc(Br)cc2[C@H]2c3sc(=O)n(Cc4ccccc4)c3S[C@H]3[C@H]4C[C@H]([C@@H]1[C@H]4C(=O)O)[C@@H]23. The standard InChI is InChI=1S/C26H20BrNO5S2/c27-12-6-7-16-13(8-12)17-18-14-9-15(19(24(29)30)20(14)25(31)33-16)21(18)34-23-22(17)35-26(32)28(23)10-11-4-2-1-3-5-11/h1-8,14-15,17-21H,9-10H2,(H,29,30)/t14-,15-,17+,18-,19-,20+,21-/m0/s1. The van der Waals surface area contributed by atoms with Crippen molar-refractivity contribution in [1.82, 2.24) is 4.57 Å². The molecule has 0 spiro atoms. The largest absolute Gasteiger partial charge is 0.481 e. The molecule has 1 aromatic heterocycles. The summed E-state index contributed by atoms with van der Waals surface area (Å²) in [6.45, 7) is 0.474. The van der Waals surface area contributed by atoms with E-state index >= 15 is 0 Å². The fourth-order valence-electron chi connectivity index (χ4n) is 6.98. The summed E-state index contributed by atoms with van der Waals surface area (Å²) in [6.07, 6.45) is 0.705. The number of thioether (sulfide) groups is 1. The second-order valence-electron chi connectivity index (χ2n) is 9.80. The average Bonchev–Trinajstić information content (AvgIpc) is 3.49. The molecule has 35 heavy (non-hydrogen) atoms. The monoisotopic (exact) mass is 569 g/mol. The molecule has 2 aromatic carbocycles. The molecule has 9 heteroatoms. The molecule has 4 aliphatic rings. The van der Waals surface area contributed by atoms with Gasteiger partial charge in [0.1, 0.15) is 5.75 Å². The molecule has 2 aliphatic heterocycles. The van der Waals surface area contributed by atoms with E-state index < -0.39 is 23.8 Å². The molecule has 3 aromatic rings. The number of benzene rings is 2. The van der Waals surface area contributed by atoms with Gasteiger partial charge in [-0.3, -0.25) is 19.0 Å². The van der Waals surface area contributed by atoms with Gasteiger partial charge in [0.2, 0.25) is 0 Å². The second-order valence-corrected chi connectivity index (χ2v) is 12.9. The van der Waals surface area contributed by atoms with Gasteiger partial charge in [0.25, 0.3) is 0 Å². The van der Waals surface area contributed by atoms with Crippen molar-refractivity contribution in [3.05, 3.63) is 78.7 Å². The lowest BCUT2D eigenvalue weighted by Crippen LogP contribution is -2.49. The molecule has 0 amide bonds. The summed E-state index contributed by atoms with van der Waals surface area (Å²) in [5.74, 6) is -2.53. The lowest BCUT2D eigenvalue weighted by atomic mass is 9.66. The molecule has 2 fully saturated rings. The van der Waals surface area contributed by atoms with Crippen LogP contribution in [0.2, 0.25) is 0 Å². The van der Waals surface area contributed by atoms with Crippen molar-refractivity contribution in [3.63, 3.8) is 0 Å². The Kier molecular flexibility index (Phi) is 4.89. The van der Waals surface area contributed by atoms with Gasteiger partial charge in [0.05, 0.1) is 23.4 Å². The Hall–Kier alpha value is -2.36. The quantitative estimate of drug-likeness (QED) is 0.359. The van der Waals surface area contributed by atoms with Crippen LogP contribution < -0.4 is 9.61 Å². The molecule has 7 rings (SSSR count). The molecule has 7 atom stereocenters. The van der Waals surface area contributed by atoms with Crippen molar-refractivity contribution in [2.75, 3.05) is 0 Å². The topological polar surface area (TPSA) is 85.6 Å². The first-order valence-electron chi connectivity index (χ1n) is 11.6. The van der Waals surface area contributed by atoms with Gasteiger partial charge in [-0.15, -0.1) is 11.8 Å². The minimum absolute atomic E-state index is 0.0133. The van der Waals surface area contributed by atoms with Gasteiger partial charge >= 0.3 is 16.8 Å². The summed E-state index contributed by atoms with van der Waals surface area (Å²) in [4.78, 5) is 39.9.